The molecule has 14 heteroatoms. The second-order valence-electron chi connectivity index (χ2n) is 0.856. The molecule has 0 unspecified atom stereocenters. The molecule has 0 aromatic heterocycles. The third-order valence-corrected chi connectivity index (χ3v) is 0. The highest BCUT2D eigenvalue weighted by molar-refractivity contribution is 3.88. The first-order valence-electron chi connectivity index (χ1n) is 1.87. The van der Waals surface area contributed by atoms with Gasteiger partial charge in [-0.25, -0.2) is 30.3 Å². The summed E-state index contributed by atoms with van der Waals surface area (Å²) in [6.45, 7) is 0. The minimum Gasteiger partial charge on any atom is -0.344 e. The number of hydrogen-bond acceptors (Lipinski definition) is 8. The van der Waals surface area contributed by atoms with Crippen molar-refractivity contribution in [1.29, 1.82) is 0 Å². The Hall–Kier alpha value is -2.48. The molecule has 0 aromatic rings. The number of rotatable bonds is 0. The molecular formula is H12N8O6. The van der Waals surface area contributed by atoms with Crippen LogP contribution in [0.4, 0.5) is 0 Å². The summed E-state index contributed by atoms with van der Waals surface area (Å²) in [7, 11) is 0. The summed E-state index contributed by atoms with van der Waals surface area (Å²) in [6.07, 6.45) is 0. The molecule has 0 atom stereocenters. The quantitative estimate of drug-likeness (QED) is 0.164. The Morgan fingerprint density at radius 2 is 0.643 bits per heavy atom. The Kier molecular flexibility index (Phi) is 48.0. The minimum absolute atomic E-state index is 0. The van der Waals surface area contributed by atoms with Crippen LogP contribution in [-0.2, 0) is 0 Å². The van der Waals surface area contributed by atoms with E-state index < -0.39 is 15.1 Å². The molecule has 88 valence electrons. The first-order chi connectivity index (χ1) is 5.20. The normalized spacial score (nSPS) is 5.14. The average molecular weight is 220 g/mol. The Bertz CT molecular complexity index is 111. The van der Waals surface area contributed by atoms with Gasteiger partial charge in [0, 0.05) is 0 Å². The predicted molar refractivity (Wildman–Crippen MR) is 43.6 cm³/mol. The van der Waals surface area contributed by atoms with Crippen LogP contribution in [0.2, 0.25) is 0 Å². The van der Waals surface area contributed by atoms with E-state index in [9.17, 15) is 0 Å². The van der Waals surface area contributed by atoms with Crippen LogP contribution in [-0.4, -0.2) is 15.1 Å². The fourth-order valence-electron chi connectivity index (χ4n) is 0. The van der Waals surface area contributed by atoms with Crippen molar-refractivity contribution in [3.8, 4) is 0 Å². The number of hydrazine groups is 3. The maximum Gasteiger partial charge on any atom is 0.154 e. The van der Waals surface area contributed by atoms with Gasteiger partial charge in [-0.05, 0) is 0 Å². The molecular weight excluding hydrogens is 208 g/mol. The Labute approximate surface area is 76.5 Å². The Morgan fingerprint density at radius 3 is 0.643 bits per heavy atom. The van der Waals surface area contributed by atoms with Crippen molar-refractivity contribution in [3.63, 3.8) is 0 Å². The van der Waals surface area contributed by atoms with Crippen molar-refractivity contribution in [2.75, 3.05) is 0 Å². The van der Waals surface area contributed by atoms with Crippen LogP contribution >= 0.6 is 0 Å². The molecule has 0 fully saturated rings. The lowest BCUT2D eigenvalue weighted by molar-refractivity contribution is -0.491. The van der Waals surface area contributed by atoms with Gasteiger partial charge in [0.25, 0.3) is 0 Å². The van der Waals surface area contributed by atoms with Crippen molar-refractivity contribution in [2.45, 2.75) is 0 Å². The topological polar surface area (TPSA) is 277 Å². The molecule has 0 rings (SSSR count). The van der Waals surface area contributed by atoms with E-state index in [0.29, 0.717) is 0 Å². The van der Waals surface area contributed by atoms with Gasteiger partial charge in [-0.3, -0.25) is 0 Å². The molecule has 0 spiro atoms. The van der Waals surface area contributed by atoms with E-state index in [1.807, 2.05) is 0 Å². The van der Waals surface area contributed by atoms with Crippen LogP contribution in [0, 0.1) is 30.3 Å². The molecule has 0 heterocycles. The van der Waals surface area contributed by atoms with Gasteiger partial charge < -0.3 is 12.3 Å². The number of hydrogen-bond donors (Lipinski definition) is 5. The van der Waals surface area contributed by atoms with Gasteiger partial charge in [0.1, 0.15) is 0 Å². The molecule has 0 aromatic carbocycles. The van der Waals surface area contributed by atoms with Crippen LogP contribution in [0.15, 0.2) is 0 Å². The lowest BCUT2D eigenvalue weighted by atomic mass is 12.8. The molecule has 14 nitrogen and oxygen atoms in total. The molecule has 0 aliphatic rings. The van der Waals surface area contributed by atoms with E-state index >= 15 is 0 Å². The molecule has 0 bridgehead atoms. The minimum atomic E-state index is -1.00. The summed E-state index contributed by atoms with van der Waals surface area (Å²) in [4.78, 5) is 25.8. The van der Waals surface area contributed by atoms with Crippen molar-refractivity contribution in [3.05, 3.63) is 30.3 Å². The van der Waals surface area contributed by atoms with Gasteiger partial charge in [0.05, 0.1) is 0 Å². The maximum atomic E-state index is 8.58. The Balaban J connectivity index is -0.0000000270. The Morgan fingerprint density at radius 1 is 0.643 bits per heavy atom. The fraction of sp³-hybridized carbons (Fsp3) is 0. The summed E-state index contributed by atoms with van der Waals surface area (Å²) in [5.41, 5.74) is 0. The van der Waals surface area contributed by atoms with Crippen LogP contribution in [0.5, 0.6) is 0 Å². The largest absolute Gasteiger partial charge is 0.344 e. The van der Waals surface area contributed by atoms with Crippen molar-refractivity contribution >= 4 is 0 Å². The lowest BCUT2D eigenvalue weighted by Crippen LogP contribution is -2.04. The highest BCUT2D eigenvalue weighted by Crippen LogP contribution is 1.30. The predicted octanol–water partition coefficient (Wildman–Crippen LogP) is -2.27. The highest BCUT2D eigenvalue weighted by Gasteiger charge is 1.58. The zero-order valence-electron chi connectivity index (χ0n) is 6.94. The summed E-state index contributed by atoms with van der Waals surface area (Å²) in [5.74, 6) is 11.5. The molecule has 14 heavy (non-hydrogen) atoms. The van der Waals surface area contributed by atoms with Gasteiger partial charge in [0.2, 0.25) is 0 Å². The molecule has 0 aliphatic heterocycles. The molecule has 0 radical (unpaired) electrons. The van der Waals surface area contributed by atoms with E-state index in [1.165, 1.54) is 0 Å². The molecule has 0 amide bonds. The van der Waals surface area contributed by atoms with Gasteiger partial charge in [-0.15, -0.1) is 0 Å². The smallest absolute Gasteiger partial charge is 0.154 e. The summed E-state index contributed by atoms with van der Waals surface area (Å²) in [5, 5.41) is 22.8. The average Bonchev–Trinajstić information content (AvgIpc) is 1.54. The zero-order valence-corrected chi connectivity index (χ0v) is 6.94. The molecule has 0 aliphatic carbocycles. The third-order valence-electron chi connectivity index (χ3n) is 0. The van der Waals surface area contributed by atoms with E-state index in [1.54, 1.807) is 0 Å². The lowest BCUT2D eigenvalue weighted by Gasteiger charge is -1.61. The maximum absolute atomic E-state index is 8.58. The molecule has 0 saturated heterocycles. The molecule has 12 N–H and O–H groups in total. The standard InChI is InChI=1S/3H2N2O2.2H3N/c3*1-2(3)4;;/h3*1H2;2*1H3. The number of nitrogens with two attached hydrogens (primary N) is 3. The van der Waals surface area contributed by atoms with Gasteiger partial charge in [-0.2, -0.15) is 17.5 Å². The summed E-state index contributed by atoms with van der Waals surface area (Å²) >= 11 is 0. The first-order valence-corrected chi connectivity index (χ1v) is 1.87. The third kappa shape index (κ3) is 112. The van der Waals surface area contributed by atoms with Gasteiger partial charge in [0.15, 0.2) is 15.1 Å². The monoisotopic (exact) mass is 220 g/mol. The number of nitrogens with zero attached hydrogens (tertiary/aromatic N) is 3. The van der Waals surface area contributed by atoms with Crippen LogP contribution in [0.3, 0.4) is 0 Å². The van der Waals surface area contributed by atoms with E-state index in [0.717, 1.165) is 0 Å². The SMILES string of the molecule is N.N.N[N+](=O)[O-].N[N+](=O)[O-].N[N+](=O)[O-]. The molecule has 0 saturated carbocycles. The number of nitro groups is 3. The summed E-state index contributed by atoms with van der Waals surface area (Å²) in [6, 6.07) is 0. The van der Waals surface area contributed by atoms with E-state index in [-0.39, 0.29) is 12.3 Å². The van der Waals surface area contributed by atoms with Crippen molar-refractivity contribution in [1.82, 2.24) is 12.3 Å². The van der Waals surface area contributed by atoms with Crippen molar-refractivity contribution < 1.29 is 15.1 Å². The van der Waals surface area contributed by atoms with Crippen molar-refractivity contribution in [2.24, 2.45) is 17.5 Å². The summed E-state index contributed by atoms with van der Waals surface area (Å²) < 4.78 is 0. The van der Waals surface area contributed by atoms with E-state index in [4.69, 9.17) is 30.3 Å². The zero-order chi connectivity index (χ0) is 10.7. The first kappa shape index (κ1) is 30.0. The van der Waals surface area contributed by atoms with Crippen LogP contribution in [0.1, 0.15) is 0 Å². The highest BCUT2D eigenvalue weighted by atomic mass is 16.7. The second-order valence-corrected chi connectivity index (χ2v) is 0.856. The van der Waals surface area contributed by atoms with E-state index in [2.05, 4.69) is 17.5 Å². The van der Waals surface area contributed by atoms with Crippen LogP contribution in [0.25, 0.3) is 0 Å². The second kappa shape index (κ2) is 22.4. The van der Waals surface area contributed by atoms with Gasteiger partial charge >= 0.3 is 0 Å². The fourth-order valence-corrected chi connectivity index (χ4v) is 0. The van der Waals surface area contributed by atoms with Crippen LogP contribution < -0.4 is 29.8 Å². The van der Waals surface area contributed by atoms with Gasteiger partial charge in [-0.1, -0.05) is 0 Å².